The molecule has 1 heterocycles. The van der Waals surface area contributed by atoms with Crippen LogP contribution in [0.5, 0.6) is 0 Å². The SMILES string of the molecule is CCCN(CC1CC1)C(=O)Cc1c(C)nn(C)c1C. The number of carbonyl (C=O) groups excluding carboxylic acids is 1. The molecular formula is C15H25N3O. The first-order chi connectivity index (χ1) is 9.02. The molecule has 0 N–H and O–H groups in total. The molecule has 0 atom stereocenters. The third kappa shape index (κ3) is 3.37. The summed E-state index contributed by atoms with van der Waals surface area (Å²) in [7, 11) is 1.93. The van der Waals surface area contributed by atoms with Crippen LogP contribution < -0.4 is 0 Å². The van der Waals surface area contributed by atoms with Crippen LogP contribution in [0, 0.1) is 19.8 Å². The number of aryl methyl sites for hydroxylation is 2. The van der Waals surface area contributed by atoms with Crippen molar-refractivity contribution in [3.05, 3.63) is 17.0 Å². The van der Waals surface area contributed by atoms with Crippen LogP contribution in [0.3, 0.4) is 0 Å². The minimum absolute atomic E-state index is 0.257. The molecule has 1 saturated carbocycles. The molecule has 1 aliphatic rings. The number of rotatable bonds is 6. The molecule has 19 heavy (non-hydrogen) atoms. The summed E-state index contributed by atoms with van der Waals surface area (Å²) >= 11 is 0. The smallest absolute Gasteiger partial charge is 0.227 e. The maximum absolute atomic E-state index is 12.5. The van der Waals surface area contributed by atoms with E-state index in [0.717, 1.165) is 42.4 Å². The lowest BCUT2D eigenvalue weighted by molar-refractivity contribution is -0.130. The molecule has 0 radical (unpaired) electrons. The van der Waals surface area contributed by atoms with E-state index in [2.05, 4.69) is 12.0 Å². The third-order valence-electron chi connectivity index (χ3n) is 4.01. The molecule has 1 fully saturated rings. The zero-order valence-electron chi connectivity index (χ0n) is 12.6. The predicted molar refractivity (Wildman–Crippen MR) is 76.0 cm³/mol. The monoisotopic (exact) mass is 263 g/mol. The largest absolute Gasteiger partial charge is 0.342 e. The molecule has 1 aromatic rings. The highest BCUT2D eigenvalue weighted by molar-refractivity contribution is 5.79. The van der Waals surface area contributed by atoms with Gasteiger partial charge in [0.05, 0.1) is 12.1 Å². The Kier molecular flexibility index (Phi) is 4.27. The Hall–Kier alpha value is -1.32. The van der Waals surface area contributed by atoms with Crippen molar-refractivity contribution in [3.8, 4) is 0 Å². The molecule has 106 valence electrons. The molecule has 0 aliphatic heterocycles. The number of aromatic nitrogens is 2. The standard InChI is InChI=1S/C15H25N3O/c1-5-8-18(10-13-6-7-13)15(19)9-14-11(2)16-17(4)12(14)3/h13H,5-10H2,1-4H3. The molecule has 0 unspecified atom stereocenters. The fraction of sp³-hybridized carbons (Fsp3) is 0.733. The van der Waals surface area contributed by atoms with Gasteiger partial charge in [-0.05, 0) is 39.0 Å². The van der Waals surface area contributed by atoms with Gasteiger partial charge in [-0.15, -0.1) is 0 Å². The summed E-state index contributed by atoms with van der Waals surface area (Å²) in [4.78, 5) is 14.5. The van der Waals surface area contributed by atoms with Gasteiger partial charge >= 0.3 is 0 Å². The van der Waals surface area contributed by atoms with E-state index >= 15 is 0 Å². The quantitative estimate of drug-likeness (QED) is 0.789. The molecule has 0 saturated heterocycles. The van der Waals surface area contributed by atoms with Crippen molar-refractivity contribution in [1.82, 2.24) is 14.7 Å². The summed E-state index contributed by atoms with van der Waals surface area (Å²) in [6, 6.07) is 0. The Bertz CT molecular complexity index is 460. The van der Waals surface area contributed by atoms with Crippen LogP contribution in [0.2, 0.25) is 0 Å². The fourth-order valence-corrected chi connectivity index (χ4v) is 2.54. The minimum Gasteiger partial charge on any atom is -0.342 e. The maximum Gasteiger partial charge on any atom is 0.227 e. The van der Waals surface area contributed by atoms with Gasteiger partial charge in [-0.3, -0.25) is 9.48 Å². The van der Waals surface area contributed by atoms with Crippen molar-refractivity contribution in [3.63, 3.8) is 0 Å². The average Bonchev–Trinajstić information content (AvgIpc) is 3.14. The van der Waals surface area contributed by atoms with Crippen LogP contribution in [0.25, 0.3) is 0 Å². The Balaban J connectivity index is 2.04. The number of amides is 1. The summed E-state index contributed by atoms with van der Waals surface area (Å²) in [5.74, 6) is 1.01. The van der Waals surface area contributed by atoms with Gasteiger partial charge in [0, 0.05) is 31.4 Å². The van der Waals surface area contributed by atoms with Gasteiger partial charge in [0.2, 0.25) is 5.91 Å². The Morgan fingerprint density at radius 3 is 2.58 bits per heavy atom. The van der Waals surface area contributed by atoms with E-state index < -0.39 is 0 Å². The van der Waals surface area contributed by atoms with Crippen molar-refractivity contribution in [1.29, 1.82) is 0 Å². The highest BCUT2D eigenvalue weighted by Crippen LogP contribution is 2.30. The highest BCUT2D eigenvalue weighted by Gasteiger charge is 2.27. The third-order valence-corrected chi connectivity index (χ3v) is 4.01. The maximum atomic E-state index is 12.5. The predicted octanol–water partition coefficient (Wildman–Crippen LogP) is 2.23. The Labute approximate surface area is 115 Å². The zero-order valence-corrected chi connectivity index (χ0v) is 12.6. The van der Waals surface area contributed by atoms with Crippen LogP contribution in [0.1, 0.15) is 43.1 Å². The lowest BCUT2D eigenvalue weighted by Crippen LogP contribution is -2.35. The van der Waals surface area contributed by atoms with Crippen LogP contribution in [-0.2, 0) is 18.3 Å². The van der Waals surface area contributed by atoms with E-state index in [1.165, 1.54) is 12.8 Å². The molecule has 1 aromatic heterocycles. The van der Waals surface area contributed by atoms with Gasteiger partial charge in [-0.25, -0.2) is 0 Å². The van der Waals surface area contributed by atoms with E-state index in [1.807, 2.05) is 30.5 Å². The van der Waals surface area contributed by atoms with Gasteiger partial charge in [0.1, 0.15) is 0 Å². The molecular weight excluding hydrogens is 238 g/mol. The summed E-state index contributed by atoms with van der Waals surface area (Å²) in [5.41, 5.74) is 3.19. The van der Waals surface area contributed by atoms with E-state index in [4.69, 9.17) is 0 Å². The second-order valence-corrected chi connectivity index (χ2v) is 5.73. The topological polar surface area (TPSA) is 38.1 Å². The molecule has 0 spiro atoms. The highest BCUT2D eigenvalue weighted by atomic mass is 16.2. The molecule has 1 aliphatic carbocycles. The van der Waals surface area contributed by atoms with Gasteiger partial charge in [0.15, 0.2) is 0 Å². The van der Waals surface area contributed by atoms with Gasteiger partial charge in [-0.2, -0.15) is 5.10 Å². The zero-order chi connectivity index (χ0) is 14.0. The normalized spacial score (nSPS) is 14.7. The van der Waals surface area contributed by atoms with Crippen molar-refractivity contribution in [2.24, 2.45) is 13.0 Å². The van der Waals surface area contributed by atoms with Crippen molar-refractivity contribution in [2.45, 2.75) is 46.5 Å². The van der Waals surface area contributed by atoms with Crippen LogP contribution in [0.15, 0.2) is 0 Å². The van der Waals surface area contributed by atoms with E-state index in [9.17, 15) is 4.79 Å². The van der Waals surface area contributed by atoms with E-state index in [1.54, 1.807) is 0 Å². The van der Waals surface area contributed by atoms with E-state index in [-0.39, 0.29) is 5.91 Å². The van der Waals surface area contributed by atoms with Crippen molar-refractivity contribution >= 4 is 5.91 Å². The summed E-state index contributed by atoms with van der Waals surface area (Å²) in [5, 5.41) is 4.39. The van der Waals surface area contributed by atoms with Gasteiger partial charge in [-0.1, -0.05) is 6.92 Å². The van der Waals surface area contributed by atoms with Crippen molar-refractivity contribution in [2.75, 3.05) is 13.1 Å². The summed E-state index contributed by atoms with van der Waals surface area (Å²) < 4.78 is 1.86. The van der Waals surface area contributed by atoms with Gasteiger partial charge < -0.3 is 4.90 Å². The average molecular weight is 263 g/mol. The molecule has 4 heteroatoms. The fourth-order valence-electron chi connectivity index (χ4n) is 2.54. The number of hydrogen-bond acceptors (Lipinski definition) is 2. The first-order valence-electron chi connectivity index (χ1n) is 7.29. The molecule has 4 nitrogen and oxygen atoms in total. The summed E-state index contributed by atoms with van der Waals surface area (Å²) in [6.07, 6.45) is 4.11. The number of hydrogen-bond donors (Lipinski definition) is 0. The molecule has 0 aromatic carbocycles. The first-order valence-corrected chi connectivity index (χ1v) is 7.29. The molecule has 1 amide bonds. The molecule has 2 rings (SSSR count). The van der Waals surface area contributed by atoms with Gasteiger partial charge in [0.25, 0.3) is 0 Å². The minimum atomic E-state index is 0.257. The Morgan fingerprint density at radius 1 is 1.42 bits per heavy atom. The lowest BCUT2D eigenvalue weighted by atomic mass is 10.1. The van der Waals surface area contributed by atoms with Crippen LogP contribution in [0.4, 0.5) is 0 Å². The summed E-state index contributed by atoms with van der Waals surface area (Å²) in [6.45, 7) is 7.99. The number of nitrogens with zero attached hydrogens (tertiary/aromatic N) is 3. The first kappa shape index (κ1) is 14.1. The van der Waals surface area contributed by atoms with Crippen molar-refractivity contribution < 1.29 is 4.79 Å². The lowest BCUT2D eigenvalue weighted by Gasteiger charge is -2.22. The second kappa shape index (κ2) is 5.76. The van der Waals surface area contributed by atoms with E-state index in [0.29, 0.717) is 6.42 Å². The second-order valence-electron chi connectivity index (χ2n) is 5.73. The van der Waals surface area contributed by atoms with Crippen LogP contribution >= 0.6 is 0 Å². The van der Waals surface area contributed by atoms with Crippen LogP contribution in [-0.4, -0.2) is 33.7 Å². The number of carbonyl (C=O) groups is 1. The Morgan fingerprint density at radius 2 is 2.11 bits per heavy atom. The molecule has 0 bridgehead atoms.